The molecule has 0 radical (unpaired) electrons. The number of nitrogens with zero attached hydrogens (tertiary/aromatic N) is 2. The van der Waals surface area contributed by atoms with Crippen LogP contribution < -0.4 is 0 Å². The second-order valence-electron chi connectivity index (χ2n) is 5.49. The maximum atomic E-state index is 9.13. The molecule has 0 aliphatic heterocycles. The third kappa shape index (κ3) is 1.80. The van der Waals surface area contributed by atoms with Crippen molar-refractivity contribution in [3.05, 3.63) is 36.0 Å². The zero-order chi connectivity index (χ0) is 12.5. The van der Waals surface area contributed by atoms with Crippen molar-refractivity contribution in [2.75, 3.05) is 0 Å². The third-order valence-corrected chi connectivity index (χ3v) is 4.26. The van der Waals surface area contributed by atoms with Gasteiger partial charge in [0.2, 0.25) is 0 Å². The van der Waals surface area contributed by atoms with E-state index in [4.69, 9.17) is 5.26 Å². The summed E-state index contributed by atoms with van der Waals surface area (Å²) in [4.78, 5) is 0. The predicted octanol–water partition coefficient (Wildman–Crippen LogP) is 4.26. The Hall–Kier alpha value is -1.75. The van der Waals surface area contributed by atoms with Gasteiger partial charge in [-0.05, 0) is 49.8 Å². The molecule has 2 aromatic rings. The van der Waals surface area contributed by atoms with Crippen molar-refractivity contribution < 1.29 is 0 Å². The number of rotatable bonds is 1. The zero-order valence-corrected chi connectivity index (χ0v) is 10.8. The number of nitriles is 1. The predicted molar refractivity (Wildman–Crippen MR) is 73.3 cm³/mol. The van der Waals surface area contributed by atoms with Crippen molar-refractivity contribution in [3.8, 4) is 6.07 Å². The van der Waals surface area contributed by atoms with Gasteiger partial charge in [0.25, 0.3) is 0 Å². The lowest BCUT2D eigenvalue weighted by atomic mass is 9.87. The van der Waals surface area contributed by atoms with Gasteiger partial charge in [-0.25, -0.2) is 0 Å². The van der Waals surface area contributed by atoms with E-state index in [-0.39, 0.29) is 0 Å². The summed E-state index contributed by atoms with van der Waals surface area (Å²) in [5.74, 6) is 0.873. The molecule has 1 aromatic heterocycles. The van der Waals surface area contributed by atoms with Gasteiger partial charge in [0.05, 0.1) is 11.6 Å². The Kier molecular flexibility index (Phi) is 2.83. The molecule has 92 valence electrons. The lowest BCUT2D eigenvalue weighted by molar-refractivity contribution is 0.294. The number of hydrogen-bond acceptors (Lipinski definition) is 1. The minimum Gasteiger partial charge on any atom is -0.344 e. The van der Waals surface area contributed by atoms with Crippen molar-refractivity contribution in [1.82, 2.24) is 4.57 Å². The van der Waals surface area contributed by atoms with Crippen LogP contribution in [0.5, 0.6) is 0 Å². The molecule has 0 bridgehead atoms. The molecule has 3 rings (SSSR count). The molecular formula is C16H18N2. The van der Waals surface area contributed by atoms with Crippen LogP contribution in [0.3, 0.4) is 0 Å². The summed E-state index contributed by atoms with van der Waals surface area (Å²) < 4.78 is 2.38. The van der Waals surface area contributed by atoms with Crippen molar-refractivity contribution in [2.45, 2.75) is 38.6 Å². The van der Waals surface area contributed by atoms with Crippen LogP contribution in [0, 0.1) is 17.2 Å². The first-order valence-electron chi connectivity index (χ1n) is 6.79. The Balaban J connectivity index is 2.01. The van der Waals surface area contributed by atoms with E-state index >= 15 is 0 Å². The highest BCUT2D eigenvalue weighted by atomic mass is 15.0. The average Bonchev–Trinajstić information content (AvgIpc) is 2.83. The third-order valence-electron chi connectivity index (χ3n) is 4.26. The molecule has 1 aliphatic rings. The smallest absolute Gasteiger partial charge is 0.0998 e. The van der Waals surface area contributed by atoms with Gasteiger partial charge in [-0.3, -0.25) is 0 Å². The molecule has 1 heterocycles. The monoisotopic (exact) mass is 238 g/mol. The SMILES string of the molecule is CC1CCC(n2ccc3c(C#N)cccc32)CC1. The molecule has 1 aromatic carbocycles. The van der Waals surface area contributed by atoms with Crippen LogP contribution in [0.15, 0.2) is 30.5 Å². The van der Waals surface area contributed by atoms with Gasteiger partial charge in [-0.1, -0.05) is 13.0 Å². The quantitative estimate of drug-likeness (QED) is 0.729. The lowest BCUT2D eigenvalue weighted by Gasteiger charge is -2.28. The van der Waals surface area contributed by atoms with E-state index in [2.05, 4.69) is 35.9 Å². The maximum absolute atomic E-state index is 9.13. The fourth-order valence-corrected chi connectivity index (χ4v) is 3.13. The Morgan fingerprint density at radius 1 is 1.17 bits per heavy atom. The van der Waals surface area contributed by atoms with E-state index in [9.17, 15) is 0 Å². The molecule has 0 spiro atoms. The van der Waals surface area contributed by atoms with Crippen molar-refractivity contribution in [2.24, 2.45) is 5.92 Å². The van der Waals surface area contributed by atoms with E-state index < -0.39 is 0 Å². The highest BCUT2D eigenvalue weighted by Gasteiger charge is 2.20. The Morgan fingerprint density at radius 3 is 2.67 bits per heavy atom. The number of fused-ring (bicyclic) bond motifs is 1. The molecule has 1 aliphatic carbocycles. The van der Waals surface area contributed by atoms with E-state index in [1.807, 2.05) is 12.1 Å². The fourth-order valence-electron chi connectivity index (χ4n) is 3.13. The molecule has 0 N–H and O–H groups in total. The first-order chi connectivity index (χ1) is 8.79. The van der Waals surface area contributed by atoms with Gasteiger partial charge in [-0.2, -0.15) is 5.26 Å². The second-order valence-corrected chi connectivity index (χ2v) is 5.49. The summed E-state index contributed by atoms with van der Waals surface area (Å²) in [6.07, 6.45) is 7.33. The van der Waals surface area contributed by atoms with Crippen molar-refractivity contribution in [1.29, 1.82) is 5.26 Å². The van der Waals surface area contributed by atoms with E-state index in [1.54, 1.807) is 0 Å². The summed E-state index contributed by atoms with van der Waals surface area (Å²) in [5.41, 5.74) is 2.00. The van der Waals surface area contributed by atoms with Gasteiger partial charge >= 0.3 is 0 Å². The summed E-state index contributed by atoms with van der Waals surface area (Å²) in [7, 11) is 0. The molecule has 0 atom stereocenters. The van der Waals surface area contributed by atoms with Crippen molar-refractivity contribution >= 4 is 10.9 Å². The second kappa shape index (κ2) is 4.49. The van der Waals surface area contributed by atoms with E-state index in [0.29, 0.717) is 6.04 Å². The van der Waals surface area contributed by atoms with Gasteiger partial charge in [0.1, 0.15) is 0 Å². The van der Waals surface area contributed by atoms with Gasteiger partial charge in [0.15, 0.2) is 0 Å². The maximum Gasteiger partial charge on any atom is 0.0998 e. The van der Waals surface area contributed by atoms with Crippen LogP contribution >= 0.6 is 0 Å². The molecule has 2 nitrogen and oxygen atoms in total. The van der Waals surface area contributed by atoms with E-state index in [1.165, 1.54) is 31.2 Å². The minimum absolute atomic E-state index is 0.618. The first kappa shape index (κ1) is 11.3. The molecular weight excluding hydrogens is 220 g/mol. The standard InChI is InChI=1S/C16H18N2/c1-12-5-7-14(8-6-12)18-10-9-15-13(11-17)3-2-4-16(15)18/h2-4,9-10,12,14H,5-8H2,1H3. The first-order valence-corrected chi connectivity index (χ1v) is 6.79. The van der Waals surface area contributed by atoms with Crippen LogP contribution in [0.1, 0.15) is 44.2 Å². The highest BCUT2D eigenvalue weighted by molar-refractivity contribution is 5.86. The molecule has 1 fully saturated rings. The van der Waals surface area contributed by atoms with Crippen LogP contribution in [-0.2, 0) is 0 Å². The normalized spacial score (nSPS) is 24.0. The molecule has 0 unspecified atom stereocenters. The van der Waals surface area contributed by atoms with Gasteiger partial charge in [-0.15, -0.1) is 0 Å². The largest absolute Gasteiger partial charge is 0.344 e. The minimum atomic E-state index is 0.618. The summed E-state index contributed by atoms with van der Waals surface area (Å²) in [6, 6.07) is 11.0. The number of hydrogen-bond donors (Lipinski definition) is 0. The van der Waals surface area contributed by atoms with Crippen LogP contribution in [0.25, 0.3) is 10.9 Å². The summed E-state index contributed by atoms with van der Waals surface area (Å²) in [6.45, 7) is 2.35. The molecule has 18 heavy (non-hydrogen) atoms. The summed E-state index contributed by atoms with van der Waals surface area (Å²) in [5, 5.41) is 10.2. The zero-order valence-electron chi connectivity index (χ0n) is 10.8. The Morgan fingerprint density at radius 2 is 1.94 bits per heavy atom. The lowest BCUT2D eigenvalue weighted by Crippen LogP contribution is -2.15. The van der Waals surface area contributed by atoms with Gasteiger partial charge < -0.3 is 4.57 Å². The molecule has 2 heteroatoms. The number of aromatic nitrogens is 1. The Labute approximate surface area is 108 Å². The molecule has 0 amide bonds. The Bertz CT molecular complexity index is 595. The average molecular weight is 238 g/mol. The van der Waals surface area contributed by atoms with Crippen LogP contribution in [-0.4, -0.2) is 4.57 Å². The van der Waals surface area contributed by atoms with Crippen LogP contribution in [0.2, 0.25) is 0 Å². The molecule has 1 saturated carbocycles. The number of benzene rings is 1. The van der Waals surface area contributed by atoms with Gasteiger partial charge in [0, 0.05) is 23.1 Å². The topological polar surface area (TPSA) is 28.7 Å². The van der Waals surface area contributed by atoms with Crippen LogP contribution in [0.4, 0.5) is 0 Å². The highest BCUT2D eigenvalue weighted by Crippen LogP contribution is 2.34. The van der Waals surface area contributed by atoms with E-state index in [0.717, 1.165) is 16.9 Å². The fraction of sp³-hybridized carbons (Fsp3) is 0.438. The van der Waals surface area contributed by atoms with Crippen molar-refractivity contribution in [3.63, 3.8) is 0 Å². The summed E-state index contributed by atoms with van der Waals surface area (Å²) >= 11 is 0. The molecule has 0 saturated heterocycles.